The quantitative estimate of drug-likeness (QED) is 0.509. The summed E-state index contributed by atoms with van der Waals surface area (Å²) in [5.41, 5.74) is 3.10. The van der Waals surface area contributed by atoms with E-state index in [9.17, 15) is 14.7 Å². The molecule has 5 heterocycles. The van der Waals surface area contributed by atoms with Gasteiger partial charge in [-0.1, -0.05) is 0 Å². The first-order chi connectivity index (χ1) is 12.6. The molecule has 8 heteroatoms. The van der Waals surface area contributed by atoms with Gasteiger partial charge in [-0.2, -0.15) is 0 Å². The second kappa shape index (κ2) is 5.12. The van der Waals surface area contributed by atoms with Gasteiger partial charge >= 0.3 is 5.97 Å². The van der Waals surface area contributed by atoms with Gasteiger partial charge < -0.3 is 19.1 Å². The second-order valence-corrected chi connectivity index (χ2v) is 6.28. The first kappa shape index (κ1) is 15.0. The highest BCUT2D eigenvalue weighted by atomic mass is 16.5. The molecule has 3 aromatic heterocycles. The van der Waals surface area contributed by atoms with Crippen molar-refractivity contribution in [3.63, 3.8) is 0 Å². The molecule has 26 heavy (non-hydrogen) atoms. The molecule has 0 fully saturated rings. The fourth-order valence-corrected chi connectivity index (χ4v) is 3.52. The maximum absolute atomic E-state index is 12.8. The monoisotopic (exact) mass is 351 g/mol. The number of hydrogen-bond donors (Lipinski definition) is 1. The van der Waals surface area contributed by atoms with Crippen LogP contribution in [-0.4, -0.2) is 32.7 Å². The molecule has 0 aliphatic carbocycles. The van der Waals surface area contributed by atoms with Crippen LogP contribution in [0.3, 0.4) is 0 Å². The summed E-state index contributed by atoms with van der Waals surface area (Å²) >= 11 is 0. The Balaban J connectivity index is 1.75. The number of ether oxygens (including phenoxy) is 2. The zero-order valence-electron chi connectivity index (χ0n) is 13.7. The van der Waals surface area contributed by atoms with Crippen molar-refractivity contribution in [2.45, 2.75) is 19.3 Å². The lowest BCUT2D eigenvalue weighted by Crippen LogP contribution is -2.32. The predicted molar refractivity (Wildman–Crippen MR) is 89.6 cm³/mol. The first-order valence-electron chi connectivity index (χ1n) is 8.02. The van der Waals surface area contributed by atoms with Crippen molar-refractivity contribution in [2.24, 2.45) is 0 Å². The number of methoxy groups -OCH3 is 1. The number of pyridine rings is 3. The normalized spacial score (nSPS) is 17.5. The largest absolute Gasteiger partial charge is 0.481 e. The smallest absolute Gasteiger partial charge is 0.340 e. The van der Waals surface area contributed by atoms with Crippen molar-refractivity contribution in [3.05, 3.63) is 51.4 Å². The maximum atomic E-state index is 12.8. The molecule has 1 atom stereocenters. The summed E-state index contributed by atoms with van der Waals surface area (Å²) in [6.45, 7) is 0.242. The predicted octanol–water partition coefficient (Wildman–Crippen LogP) is 0.919. The Bertz CT molecular complexity index is 1170. The third-order valence-electron chi connectivity index (χ3n) is 4.85. The lowest BCUT2D eigenvalue weighted by atomic mass is 10.0. The molecule has 5 rings (SSSR count). The number of hydrogen-bond acceptors (Lipinski definition) is 7. The summed E-state index contributed by atoms with van der Waals surface area (Å²) in [4.78, 5) is 33.2. The molecule has 0 saturated carbocycles. The van der Waals surface area contributed by atoms with Crippen LogP contribution in [0.5, 0.6) is 5.88 Å². The molecular weight excluding hydrogens is 338 g/mol. The van der Waals surface area contributed by atoms with E-state index < -0.39 is 12.1 Å². The summed E-state index contributed by atoms with van der Waals surface area (Å²) in [6, 6.07) is 5.39. The van der Waals surface area contributed by atoms with Crippen LogP contribution < -0.4 is 10.3 Å². The van der Waals surface area contributed by atoms with E-state index in [4.69, 9.17) is 9.47 Å². The minimum Gasteiger partial charge on any atom is -0.481 e. The van der Waals surface area contributed by atoms with Crippen molar-refractivity contribution >= 4 is 16.9 Å². The lowest BCUT2D eigenvalue weighted by Gasteiger charge is -2.21. The molecule has 0 amide bonds. The Hall–Kier alpha value is -3.26. The van der Waals surface area contributed by atoms with E-state index in [0.717, 1.165) is 10.9 Å². The van der Waals surface area contributed by atoms with E-state index in [1.807, 2.05) is 6.07 Å². The van der Waals surface area contributed by atoms with Gasteiger partial charge in [0, 0.05) is 22.6 Å². The van der Waals surface area contributed by atoms with Crippen LogP contribution in [0.1, 0.15) is 22.8 Å². The molecule has 2 aliphatic rings. The molecule has 0 spiro atoms. The van der Waals surface area contributed by atoms with Crippen LogP contribution in [0.4, 0.5) is 0 Å². The maximum Gasteiger partial charge on any atom is 0.340 e. The third kappa shape index (κ3) is 1.93. The van der Waals surface area contributed by atoms with Crippen LogP contribution in [0.2, 0.25) is 0 Å². The van der Waals surface area contributed by atoms with Gasteiger partial charge in [0.1, 0.15) is 6.61 Å². The highest BCUT2D eigenvalue weighted by Gasteiger charge is 2.33. The zero-order chi connectivity index (χ0) is 18.0. The standard InChI is InChI=1S/C18H13N3O5/c1-25-14-3-8-2-9-6-21-13(15(9)20-12(8)5-19-14)4-10-11(17(21)23)7-26-18(24)16(10)22/h2-5,16,22H,6-7H2,1H3/t16-/m0/s1. The van der Waals surface area contributed by atoms with E-state index >= 15 is 0 Å². The topological polar surface area (TPSA) is 104 Å². The lowest BCUT2D eigenvalue weighted by molar-refractivity contribution is -0.157. The number of carbonyl (C=O) groups excluding carboxylic acids is 1. The van der Waals surface area contributed by atoms with Crippen molar-refractivity contribution in [1.29, 1.82) is 0 Å². The summed E-state index contributed by atoms with van der Waals surface area (Å²) in [7, 11) is 1.55. The molecule has 3 aromatic rings. The SMILES string of the molecule is COc1cc2cc3c(nc2cn1)-c1cc2c(c(=O)n1C3)COC(=O)[C@H]2O. The highest BCUT2D eigenvalue weighted by molar-refractivity contribution is 5.85. The van der Waals surface area contributed by atoms with Gasteiger partial charge in [-0.25, -0.2) is 14.8 Å². The van der Waals surface area contributed by atoms with Crippen LogP contribution in [0.15, 0.2) is 29.2 Å². The van der Waals surface area contributed by atoms with Gasteiger partial charge in [-0.3, -0.25) is 4.79 Å². The van der Waals surface area contributed by atoms with Crippen LogP contribution in [0, 0.1) is 0 Å². The van der Waals surface area contributed by atoms with Crippen LogP contribution in [0.25, 0.3) is 22.3 Å². The Kier molecular flexibility index (Phi) is 2.96. The Morgan fingerprint density at radius 2 is 2.15 bits per heavy atom. The average Bonchev–Trinajstić information content (AvgIpc) is 3.01. The number of fused-ring (bicyclic) bond motifs is 5. The number of nitrogens with zero attached hydrogens (tertiary/aromatic N) is 3. The van der Waals surface area contributed by atoms with Crippen LogP contribution >= 0.6 is 0 Å². The van der Waals surface area contributed by atoms with Gasteiger partial charge in [0.15, 0.2) is 6.10 Å². The fraction of sp³-hybridized carbons (Fsp3) is 0.222. The molecule has 130 valence electrons. The number of cyclic esters (lactones) is 1. The van der Waals surface area contributed by atoms with Gasteiger partial charge in [-0.05, 0) is 12.1 Å². The molecular formula is C18H13N3O5. The molecule has 0 radical (unpaired) electrons. The summed E-state index contributed by atoms with van der Waals surface area (Å²) in [5, 5.41) is 11.0. The van der Waals surface area contributed by atoms with E-state index in [1.54, 1.807) is 30.0 Å². The van der Waals surface area contributed by atoms with E-state index in [-0.39, 0.29) is 12.2 Å². The van der Waals surface area contributed by atoms with E-state index in [0.29, 0.717) is 40.5 Å². The number of aliphatic hydroxyl groups excluding tert-OH is 1. The molecule has 0 unspecified atom stereocenters. The molecule has 0 bridgehead atoms. The van der Waals surface area contributed by atoms with E-state index in [2.05, 4.69) is 9.97 Å². The molecule has 0 saturated heterocycles. The number of rotatable bonds is 1. The molecule has 8 nitrogen and oxygen atoms in total. The molecule has 1 N–H and O–H groups in total. The summed E-state index contributed by atoms with van der Waals surface area (Å²) < 4.78 is 11.6. The Labute approximate surface area is 146 Å². The Morgan fingerprint density at radius 1 is 1.31 bits per heavy atom. The van der Waals surface area contributed by atoms with Crippen molar-refractivity contribution in [2.75, 3.05) is 7.11 Å². The fourth-order valence-electron chi connectivity index (χ4n) is 3.52. The van der Waals surface area contributed by atoms with Crippen molar-refractivity contribution in [3.8, 4) is 17.3 Å². The zero-order valence-corrected chi connectivity index (χ0v) is 13.7. The number of aliphatic hydroxyl groups is 1. The minimum absolute atomic E-state index is 0.128. The Morgan fingerprint density at radius 3 is 2.96 bits per heavy atom. The average molecular weight is 351 g/mol. The first-order valence-corrected chi connectivity index (χ1v) is 8.02. The van der Waals surface area contributed by atoms with E-state index in [1.165, 1.54) is 0 Å². The molecule has 0 aromatic carbocycles. The van der Waals surface area contributed by atoms with Gasteiger partial charge in [0.25, 0.3) is 5.56 Å². The number of esters is 1. The summed E-state index contributed by atoms with van der Waals surface area (Å²) in [6.07, 6.45) is 0.160. The van der Waals surface area contributed by atoms with Crippen molar-refractivity contribution < 1.29 is 19.4 Å². The number of aromatic nitrogens is 3. The molecule has 2 aliphatic heterocycles. The third-order valence-corrected chi connectivity index (χ3v) is 4.85. The summed E-state index contributed by atoms with van der Waals surface area (Å²) in [5.74, 6) is -0.260. The van der Waals surface area contributed by atoms with Crippen LogP contribution in [-0.2, 0) is 22.7 Å². The minimum atomic E-state index is -1.45. The highest BCUT2D eigenvalue weighted by Crippen LogP contribution is 2.35. The van der Waals surface area contributed by atoms with Crippen molar-refractivity contribution in [1.82, 2.24) is 14.5 Å². The number of carbonyl (C=O) groups is 1. The van der Waals surface area contributed by atoms with Gasteiger partial charge in [0.05, 0.1) is 42.3 Å². The second-order valence-electron chi connectivity index (χ2n) is 6.28. The van der Waals surface area contributed by atoms with Gasteiger partial charge in [-0.15, -0.1) is 0 Å². The van der Waals surface area contributed by atoms with Gasteiger partial charge in [0.2, 0.25) is 5.88 Å².